The van der Waals surface area contributed by atoms with Crippen LogP contribution in [0.25, 0.3) is 20.8 Å². The molecule has 0 atom stereocenters. The molecule has 3 heterocycles. The first-order valence-corrected chi connectivity index (χ1v) is 7.21. The number of hydrogen-bond donors (Lipinski definition) is 1. The minimum atomic E-state index is -4.80. The lowest BCUT2D eigenvalue weighted by Crippen LogP contribution is -2.11. The first-order valence-electron chi connectivity index (χ1n) is 5.51. The fourth-order valence-corrected chi connectivity index (χ4v) is 3.43. The predicted molar refractivity (Wildman–Crippen MR) is 72.7 cm³/mol. The molecule has 4 nitrogen and oxygen atoms in total. The maximum Gasteiger partial charge on any atom is 0.435 e. The molecule has 108 valence electrons. The van der Waals surface area contributed by atoms with E-state index in [4.69, 9.17) is 5.11 Å². The molecule has 0 bridgehead atoms. The van der Waals surface area contributed by atoms with Crippen molar-refractivity contribution in [3.8, 4) is 10.6 Å². The van der Waals surface area contributed by atoms with Gasteiger partial charge >= 0.3 is 12.1 Å². The number of carboxylic acids is 1. The number of aromatic nitrogens is 2. The first kappa shape index (κ1) is 14.0. The molecule has 0 amide bonds. The van der Waals surface area contributed by atoms with E-state index in [1.165, 1.54) is 17.5 Å². The van der Waals surface area contributed by atoms with Crippen LogP contribution in [-0.4, -0.2) is 21.0 Å². The van der Waals surface area contributed by atoms with Crippen molar-refractivity contribution in [1.29, 1.82) is 0 Å². The quantitative estimate of drug-likeness (QED) is 0.767. The van der Waals surface area contributed by atoms with Crippen molar-refractivity contribution in [2.45, 2.75) is 6.18 Å². The van der Waals surface area contributed by atoms with E-state index in [2.05, 4.69) is 9.97 Å². The van der Waals surface area contributed by atoms with Crippen LogP contribution in [0.4, 0.5) is 13.2 Å². The van der Waals surface area contributed by atoms with Gasteiger partial charge in [0, 0.05) is 11.8 Å². The maximum atomic E-state index is 12.8. The second-order valence-electron chi connectivity index (χ2n) is 4.03. The third-order valence-corrected chi connectivity index (χ3v) is 4.59. The molecule has 0 radical (unpaired) electrons. The molecule has 0 fully saturated rings. The van der Waals surface area contributed by atoms with Crippen LogP contribution in [0.2, 0.25) is 0 Å². The van der Waals surface area contributed by atoms with Gasteiger partial charge in [-0.05, 0) is 17.5 Å². The summed E-state index contributed by atoms with van der Waals surface area (Å²) in [7, 11) is 0. The smallest absolute Gasteiger partial charge is 0.435 e. The number of hydrogen-bond acceptors (Lipinski definition) is 5. The SMILES string of the molecule is O=C(O)c1sc(-c2cnc3ccsc3c2)nc1C(F)(F)F. The maximum absolute atomic E-state index is 12.8. The summed E-state index contributed by atoms with van der Waals surface area (Å²) in [5, 5.41) is 10.7. The Kier molecular flexibility index (Phi) is 3.18. The van der Waals surface area contributed by atoms with Gasteiger partial charge < -0.3 is 5.11 Å². The normalized spacial score (nSPS) is 12.0. The molecule has 9 heteroatoms. The Hall–Kier alpha value is -2.00. The lowest BCUT2D eigenvalue weighted by molar-refractivity contribution is -0.141. The molecule has 3 aromatic heterocycles. The van der Waals surface area contributed by atoms with Crippen molar-refractivity contribution in [3.63, 3.8) is 0 Å². The number of nitrogens with zero attached hydrogens (tertiary/aromatic N) is 2. The number of aromatic carboxylic acids is 1. The second-order valence-corrected chi connectivity index (χ2v) is 5.97. The van der Waals surface area contributed by atoms with Crippen LogP contribution in [0.3, 0.4) is 0 Å². The van der Waals surface area contributed by atoms with Crippen LogP contribution in [0.15, 0.2) is 23.7 Å². The zero-order valence-electron chi connectivity index (χ0n) is 10.0. The van der Waals surface area contributed by atoms with Crippen LogP contribution in [0.1, 0.15) is 15.4 Å². The molecule has 3 aromatic rings. The highest BCUT2D eigenvalue weighted by molar-refractivity contribution is 7.17. The Morgan fingerprint density at radius 2 is 2.10 bits per heavy atom. The zero-order chi connectivity index (χ0) is 15.2. The van der Waals surface area contributed by atoms with Gasteiger partial charge in [0.2, 0.25) is 0 Å². The van der Waals surface area contributed by atoms with Gasteiger partial charge in [0.25, 0.3) is 0 Å². The van der Waals surface area contributed by atoms with Crippen molar-refractivity contribution in [2.24, 2.45) is 0 Å². The number of halogens is 3. The number of alkyl halides is 3. The van der Waals surface area contributed by atoms with Crippen molar-refractivity contribution in [2.75, 3.05) is 0 Å². The Balaban J connectivity index is 2.16. The monoisotopic (exact) mass is 330 g/mol. The van der Waals surface area contributed by atoms with Gasteiger partial charge in [-0.3, -0.25) is 4.98 Å². The van der Waals surface area contributed by atoms with E-state index in [1.54, 1.807) is 12.1 Å². The van der Waals surface area contributed by atoms with Crippen LogP contribution >= 0.6 is 22.7 Å². The Morgan fingerprint density at radius 1 is 1.33 bits per heavy atom. The van der Waals surface area contributed by atoms with E-state index < -0.39 is 22.7 Å². The van der Waals surface area contributed by atoms with Crippen molar-refractivity contribution < 1.29 is 23.1 Å². The molecule has 0 aliphatic heterocycles. The lowest BCUT2D eigenvalue weighted by atomic mass is 10.3. The summed E-state index contributed by atoms with van der Waals surface area (Å²) >= 11 is 1.89. The third kappa shape index (κ3) is 2.49. The molecule has 3 rings (SSSR count). The predicted octanol–water partition coefficient (Wildman–Crippen LogP) is 4.14. The highest BCUT2D eigenvalue weighted by Crippen LogP contribution is 2.38. The molecule has 0 saturated heterocycles. The largest absolute Gasteiger partial charge is 0.477 e. The fraction of sp³-hybridized carbons (Fsp3) is 0.0833. The van der Waals surface area contributed by atoms with Gasteiger partial charge in [-0.1, -0.05) is 0 Å². The highest BCUT2D eigenvalue weighted by Gasteiger charge is 2.39. The molecular formula is C12H5F3N2O2S2. The van der Waals surface area contributed by atoms with E-state index in [9.17, 15) is 18.0 Å². The number of rotatable bonds is 2. The van der Waals surface area contributed by atoms with E-state index in [-0.39, 0.29) is 5.01 Å². The Morgan fingerprint density at radius 3 is 2.71 bits per heavy atom. The fourth-order valence-electron chi connectivity index (χ4n) is 1.74. The molecule has 0 spiro atoms. The molecular weight excluding hydrogens is 325 g/mol. The minimum Gasteiger partial charge on any atom is -0.477 e. The topological polar surface area (TPSA) is 63.1 Å². The number of fused-ring (bicyclic) bond motifs is 1. The van der Waals surface area contributed by atoms with Gasteiger partial charge in [0.1, 0.15) is 9.88 Å². The summed E-state index contributed by atoms with van der Waals surface area (Å²) in [6.45, 7) is 0. The molecule has 0 aliphatic rings. The highest BCUT2D eigenvalue weighted by atomic mass is 32.1. The van der Waals surface area contributed by atoms with Crippen LogP contribution in [0.5, 0.6) is 0 Å². The van der Waals surface area contributed by atoms with E-state index in [0.29, 0.717) is 16.9 Å². The molecule has 0 saturated carbocycles. The van der Waals surface area contributed by atoms with Gasteiger partial charge in [-0.15, -0.1) is 22.7 Å². The average Bonchev–Trinajstić information content (AvgIpc) is 3.03. The molecule has 1 N–H and O–H groups in total. The Labute approximate surface area is 123 Å². The van der Waals surface area contributed by atoms with Gasteiger partial charge in [-0.25, -0.2) is 9.78 Å². The number of carbonyl (C=O) groups is 1. The first-order chi connectivity index (χ1) is 9.86. The van der Waals surface area contributed by atoms with Crippen molar-refractivity contribution in [1.82, 2.24) is 9.97 Å². The van der Waals surface area contributed by atoms with Gasteiger partial charge in [-0.2, -0.15) is 13.2 Å². The number of thiophene rings is 1. The number of pyridine rings is 1. The zero-order valence-corrected chi connectivity index (χ0v) is 11.6. The van der Waals surface area contributed by atoms with Crippen LogP contribution < -0.4 is 0 Å². The van der Waals surface area contributed by atoms with Crippen molar-refractivity contribution >= 4 is 38.9 Å². The van der Waals surface area contributed by atoms with Gasteiger partial charge in [0.05, 0.1) is 10.2 Å². The summed E-state index contributed by atoms with van der Waals surface area (Å²) in [5.41, 5.74) is -0.274. The summed E-state index contributed by atoms with van der Waals surface area (Å²) in [4.78, 5) is 17.7. The lowest BCUT2D eigenvalue weighted by Gasteiger charge is -2.02. The molecule has 21 heavy (non-hydrogen) atoms. The van der Waals surface area contributed by atoms with Crippen molar-refractivity contribution in [3.05, 3.63) is 34.3 Å². The summed E-state index contributed by atoms with van der Waals surface area (Å²) < 4.78 is 39.2. The molecule has 0 aliphatic carbocycles. The second kappa shape index (κ2) is 4.78. The standard InChI is InChI=1S/C12H5F3N2O2S2/c13-12(14,15)9-8(11(18)19)21-10(17-9)5-3-7-6(16-4-5)1-2-20-7/h1-4H,(H,18,19). The third-order valence-electron chi connectivity index (χ3n) is 2.64. The summed E-state index contributed by atoms with van der Waals surface area (Å²) in [6, 6.07) is 3.44. The average molecular weight is 330 g/mol. The van der Waals surface area contributed by atoms with E-state index in [1.807, 2.05) is 5.38 Å². The van der Waals surface area contributed by atoms with E-state index in [0.717, 1.165) is 10.2 Å². The van der Waals surface area contributed by atoms with Crippen LogP contribution in [0, 0.1) is 0 Å². The van der Waals surface area contributed by atoms with Crippen LogP contribution in [-0.2, 0) is 6.18 Å². The number of carboxylic acid groups (broad SMARTS) is 1. The van der Waals surface area contributed by atoms with E-state index >= 15 is 0 Å². The number of thiazole rings is 1. The summed E-state index contributed by atoms with van der Waals surface area (Å²) in [6.07, 6.45) is -3.41. The Bertz CT molecular complexity index is 839. The molecule has 0 aromatic carbocycles. The van der Waals surface area contributed by atoms with Gasteiger partial charge in [0.15, 0.2) is 5.69 Å². The summed E-state index contributed by atoms with van der Waals surface area (Å²) in [5.74, 6) is -1.64. The molecule has 0 unspecified atom stereocenters. The minimum absolute atomic E-state index is 0.0116.